The largest absolute Gasteiger partial charge is 0.494 e. The van der Waals surface area contributed by atoms with E-state index in [-0.39, 0.29) is 11.2 Å². The van der Waals surface area contributed by atoms with Gasteiger partial charge in [0.15, 0.2) is 0 Å². The number of nitrogens with one attached hydrogen (secondary N) is 1. The Morgan fingerprint density at radius 1 is 1.16 bits per heavy atom. The molecule has 7 heteroatoms. The summed E-state index contributed by atoms with van der Waals surface area (Å²) >= 11 is 1.55. The number of carbonyl (C=O) groups is 1. The Hall–Kier alpha value is -1.18. The highest BCUT2D eigenvalue weighted by atomic mass is 32.2. The molecule has 1 aliphatic rings. The number of rotatable bonds is 3. The predicted molar refractivity (Wildman–Crippen MR) is 104 cm³/mol. The van der Waals surface area contributed by atoms with Crippen molar-refractivity contribution >= 4 is 36.1 Å². The standard InChI is InChI=1S/C18H28BNO4S/c1-16(2,3)22-15(21)20-13-10-9-12(11-14(13)25-8)19-23-17(4,5)18(6,7)24-19/h9-11H,1-8H3,(H,20,21). The molecule has 0 bridgehead atoms. The fraction of sp³-hybridized carbons (Fsp3) is 0.611. The molecule has 1 aromatic carbocycles. The lowest BCUT2D eigenvalue weighted by Gasteiger charge is -2.32. The van der Waals surface area contributed by atoms with Crippen molar-refractivity contribution in [1.29, 1.82) is 0 Å². The minimum atomic E-state index is -0.535. The number of thioether (sulfide) groups is 1. The number of anilines is 1. The topological polar surface area (TPSA) is 56.8 Å². The molecule has 1 aliphatic heterocycles. The molecule has 0 radical (unpaired) electrons. The Balaban J connectivity index is 2.19. The molecule has 0 atom stereocenters. The third-order valence-corrected chi connectivity index (χ3v) is 5.16. The maximum atomic E-state index is 12.0. The minimum Gasteiger partial charge on any atom is -0.444 e. The summed E-state index contributed by atoms with van der Waals surface area (Å²) in [5.41, 5.74) is 0.335. The Labute approximate surface area is 155 Å². The van der Waals surface area contributed by atoms with Gasteiger partial charge in [-0.3, -0.25) is 5.32 Å². The average molecular weight is 365 g/mol. The van der Waals surface area contributed by atoms with Crippen molar-refractivity contribution in [1.82, 2.24) is 0 Å². The molecular weight excluding hydrogens is 337 g/mol. The molecular formula is C18H28BNO4S. The second kappa shape index (κ2) is 6.85. The van der Waals surface area contributed by atoms with Gasteiger partial charge in [-0.25, -0.2) is 4.79 Å². The van der Waals surface area contributed by atoms with Crippen LogP contribution in [0.3, 0.4) is 0 Å². The average Bonchev–Trinajstić information content (AvgIpc) is 2.65. The third kappa shape index (κ3) is 4.71. The van der Waals surface area contributed by atoms with Crippen LogP contribution < -0.4 is 10.8 Å². The SMILES string of the molecule is CSc1cc(B2OC(C)(C)C(C)(C)O2)ccc1NC(=O)OC(C)(C)C. The highest BCUT2D eigenvalue weighted by molar-refractivity contribution is 7.98. The maximum absolute atomic E-state index is 12.0. The van der Waals surface area contributed by atoms with Crippen LogP contribution in [-0.2, 0) is 14.0 Å². The van der Waals surface area contributed by atoms with Crippen LogP contribution >= 0.6 is 11.8 Å². The molecule has 0 aromatic heterocycles. The first kappa shape index (κ1) is 20.1. The van der Waals surface area contributed by atoms with E-state index in [0.29, 0.717) is 5.69 Å². The molecule has 1 heterocycles. The monoisotopic (exact) mass is 365 g/mol. The molecule has 0 aliphatic carbocycles. The zero-order valence-corrected chi connectivity index (χ0v) is 17.2. The van der Waals surface area contributed by atoms with Crippen LogP contribution in [0, 0.1) is 0 Å². The zero-order valence-electron chi connectivity index (χ0n) is 16.4. The first-order valence-electron chi connectivity index (χ1n) is 8.38. The molecule has 0 spiro atoms. The molecule has 0 unspecified atom stereocenters. The molecule has 0 saturated carbocycles. The Kier molecular flexibility index (Phi) is 5.52. The van der Waals surface area contributed by atoms with Crippen molar-refractivity contribution in [3.63, 3.8) is 0 Å². The van der Waals surface area contributed by atoms with E-state index >= 15 is 0 Å². The Morgan fingerprint density at radius 3 is 2.20 bits per heavy atom. The van der Waals surface area contributed by atoms with Gasteiger partial charge in [0.1, 0.15) is 5.60 Å². The van der Waals surface area contributed by atoms with Gasteiger partial charge < -0.3 is 14.0 Å². The van der Waals surface area contributed by atoms with Crippen LogP contribution in [-0.4, -0.2) is 36.3 Å². The number of benzene rings is 1. The van der Waals surface area contributed by atoms with Crippen LogP contribution in [0.15, 0.2) is 23.1 Å². The van der Waals surface area contributed by atoms with Gasteiger partial charge in [0, 0.05) is 4.90 Å². The molecule has 25 heavy (non-hydrogen) atoms. The van der Waals surface area contributed by atoms with Crippen molar-refractivity contribution in [3.8, 4) is 0 Å². The summed E-state index contributed by atoms with van der Waals surface area (Å²) in [6.07, 6.45) is 1.50. The number of carbonyl (C=O) groups excluding carboxylic acids is 1. The summed E-state index contributed by atoms with van der Waals surface area (Å²) in [6, 6.07) is 5.75. The van der Waals surface area contributed by atoms with Gasteiger partial charge >= 0.3 is 13.2 Å². The summed E-state index contributed by atoms with van der Waals surface area (Å²) < 4.78 is 17.5. The normalized spacial score (nSPS) is 19.0. The first-order valence-corrected chi connectivity index (χ1v) is 9.61. The summed E-state index contributed by atoms with van der Waals surface area (Å²) in [6.45, 7) is 13.6. The highest BCUT2D eigenvalue weighted by Gasteiger charge is 2.51. The van der Waals surface area contributed by atoms with E-state index in [0.717, 1.165) is 10.4 Å². The molecule has 1 saturated heterocycles. The van der Waals surface area contributed by atoms with Crippen molar-refractivity contribution in [2.45, 2.75) is 70.2 Å². The number of amides is 1. The van der Waals surface area contributed by atoms with Gasteiger partial charge in [0.25, 0.3) is 0 Å². The first-order chi connectivity index (χ1) is 11.3. The van der Waals surface area contributed by atoms with Gasteiger partial charge in [0.2, 0.25) is 0 Å². The lowest BCUT2D eigenvalue weighted by Crippen LogP contribution is -2.41. The summed E-state index contributed by atoms with van der Waals surface area (Å²) in [5, 5.41) is 2.80. The van der Waals surface area contributed by atoms with Crippen molar-refractivity contribution in [2.24, 2.45) is 0 Å². The van der Waals surface area contributed by atoms with E-state index in [4.69, 9.17) is 14.0 Å². The third-order valence-electron chi connectivity index (χ3n) is 4.39. The molecule has 5 nitrogen and oxygen atoms in total. The van der Waals surface area contributed by atoms with Gasteiger partial charge in [-0.2, -0.15) is 0 Å². The van der Waals surface area contributed by atoms with Gasteiger partial charge in [-0.15, -0.1) is 11.8 Å². The van der Waals surface area contributed by atoms with Crippen molar-refractivity contribution < 1.29 is 18.8 Å². The smallest absolute Gasteiger partial charge is 0.444 e. The van der Waals surface area contributed by atoms with E-state index in [1.54, 1.807) is 11.8 Å². The van der Waals surface area contributed by atoms with Gasteiger partial charge in [-0.1, -0.05) is 6.07 Å². The summed E-state index contributed by atoms with van der Waals surface area (Å²) in [4.78, 5) is 12.9. The fourth-order valence-electron chi connectivity index (χ4n) is 2.35. The van der Waals surface area contributed by atoms with Crippen LogP contribution in [0.1, 0.15) is 48.5 Å². The minimum absolute atomic E-state index is 0.384. The zero-order chi connectivity index (χ0) is 19.0. The molecule has 1 aromatic rings. The van der Waals surface area contributed by atoms with Crippen LogP contribution in [0.4, 0.5) is 10.5 Å². The number of ether oxygens (including phenoxy) is 1. The van der Waals surface area contributed by atoms with E-state index in [1.807, 2.05) is 72.9 Å². The van der Waals surface area contributed by atoms with E-state index < -0.39 is 18.8 Å². The Morgan fingerprint density at radius 2 is 1.72 bits per heavy atom. The predicted octanol–water partition coefficient (Wildman–Crippen LogP) is 4.05. The maximum Gasteiger partial charge on any atom is 0.494 e. The second-order valence-corrected chi connectivity index (χ2v) is 9.02. The van der Waals surface area contributed by atoms with E-state index in [2.05, 4.69) is 5.32 Å². The number of hydrogen-bond acceptors (Lipinski definition) is 5. The lowest BCUT2D eigenvalue weighted by molar-refractivity contribution is 0.00578. The van der Waals surface area contributed by atoms with Crippen LogP contribution in [0.5, 0.6) is 0 Å². The van der Waals surface area contributed by atoms with Crippen molar-refractivity contribution in [3.05, 3.63) is 18.2 Å². The quantitative estimate of drug-likeness (QED) is 0.647. The Bertz CT molecular complexity index is 639. The number of hydrogen-bond donors (Lipinski definition) is 1. The lowest BCUT2D eigenvalue weighted by atomic mass is 9.79. The van der Waals surface area contributed by atoms with E-state index in [9.17, 15) is 4.79 Å². The second-order valence-electron chi connectivity index (χ2n) is 8.17. The molecule has 1 fully saturated rings. The fourth-order valence-corrected chi connectivity index (χ4v) is 2.94. The summed E-state index contributed by atoms with van der Waals surface area (Å²) in [7, 11) is -0.425. The van der Waals surface area contributed by atoms with E-state index in [1.165, 1.54) is 0 Å². The van der Waals surface area contributed by atoms with Crippen LogP contribution in [0.2, 0.25) is 0 Å². The molecule has 1 N–H and O–H groups in total. The molecule has 2 rings (SSSR count). The molecule has 138 valence electrons. The van der Waals surface area contributed by atoms with Gasteiger partial charge in [0.05, 0.1) is 16.9 Å². The highest BCUT2D eigenvalue weighted by Crippen LogP contribution is 2.37. The van der Waals surface area contributed by atoms with Gasteiger partial charge in [-0.05, 0) is 72.3 Å². The van der Waals surface area contributed by atoms with Crippen molar-refractivity contribution in [2.75, 3.05) is 11.6 Å². The molecule has 1 amide bonds. The van der Waals surface area contributed by atoms with Crippen LogP contribution in [0.25, 0.3) is 0 Å². The summed E-state index contributed by atoms with van der Waals surface area (Å²) in [5.74, 6) is 0.